The summed E-state index contributed by atoms with van der Waals surface area (Å²) in [4.78, 5) is 30.7. The van der Waals surface area contributed by atoms with E-state index >= 15 is 0 Å². The molecule has 0 amide bonds. The number of fused-ring (bicyclic) bond motifs is 2. The lowest BCUT2D eigenvalue weighted by Gasteiger charge is -2.36. The molecule has 3 heterocycles. The summed E-state index contributed by atoms with van der Waals surface area (Å²) < 4.78 is 30.1. The number of hydrogen-bond donors (Lipinski definition) is 2. The van der Waals surface area contributed by atoms with Crippen molar-refractivity contribution >= 4 is 61.3 Å². The number of piperazine rings is 1. The molecule has 1 saturated heterocycles. The highest BCUT2D eigenvalue weighted by atomic mass is 32.2. The molecule has 0 bridgehead atoms. The van der Waals surface area contributed by atoms with Gasteiger partial charge in [-0.3, -0.25) is 19.7 Å². The molecule has 0 radical (unpaired) electrons. The summed E-state index contributed by atoms with van der Waals surface area (Å²) in [6.45, 7) is 6.95. The van der Waals surface area contributed by atoms with Gasteiger partial charge in [0, 0.05) is 85.3 Å². The highest BCUT2D eigenvalue weighted by Gasteiger charge is 2.26. The molecule has 1 unspecified atom stereocenters. The zero-order valence-corrected chi connectivity index (χ0v) is 35.4. The Morgan fingerprint density at radius 1 is 0.833 bits per heavy atom. The van der Waals surface area contributed by atoms with E-state index in [4.69, 9.17) is 0 Å². The van der Waals surface area contributed by atoms with Crippen LogP contribution in [-0.4, -0.2) is 91.7 Å². The number of anilines is 4. The van der Waals surface area contributed by atoms with Crippen LogP contribution in [-0.2, 0) is 29.7 Å². The van der Waals surface area contributed by atoms with Crippen LogP contribution in [0.5, 0.6) is 0 Å². The molecule has 0 spiro atoms. The number of rotatable bonds is 16. The van der Waals surface area contributed by atoms with Crippen molar-refractivity contribution in [2.75, 3.05) is 72.4 Å². The number of aromatic nitrogens is 2. The minimum atomic E-state index is -4.26. The minimum Gasteiger partial charge on any atom is -0.376 e. The molecule has 5 aromatic carbocycles. The minimum absolute atomic E-state index is 0.0997. The molecule has 0 aliphatic carbocycles. The van der Waals surface area contributed by atoms with E-state index in [1.807, 2.05) is 62.6 Å². The summed E-state index contributed by atoms with van der Waals surface area (Å²) in [5, 5.41) is 16.2. The lowest BCUT2D eigenvalue weighted by molar-refractivity contribution is -0.384. The third-order valence-corrected chi connectivity index (χ3v) is 13.6. The highest BCUT2D eigenvalue weighted by Crippen LogP contribution is 2.34. The monoisotopic (exact) mass is 843 g/mol. The smallest absolute Gasteiger partial charge is 0.293 e. The van der Waals surface area contributed by atoms with Gasteiger partial charge in [0.25, 0.3) is 15.7 Å². The Morgan fingerprint density at radius 2 is 1.55 bits per heavy atom. The molecule has 2 aliphatic rings. The van der Waals surface area contributed by atoms with Crippen molar-refractivity contribution in [1.29, 1.82) is 0 Å². The van der Waals surface area contributed by atoms with Gasteiger partial charge < -0.3 is 20.0 Å². The number of thioether (sulfide) groups is 1. The Bertz CT molecular complexity index is 2550. The molecule has 1 atom stereocenters. The molecule has 1 fully saturated rings. The first-order valence-electron chi connectivity index (χ1n) is 20.1. The van der Waals surface area contributed by atoms with Crippen LogP contribution in [0.15, 0.2) is 131 Å². The summed E-state index contributed by atoms with van der Waals surface area (Å²) in [7, 11) is -0.300. The molecular weight excluding hydrogens is 795 g/mol. The zero-order chi connectivity index (χ0) is 41.6. The van der Waals surface area contributed by atoms with E-state index in [-0.39, 0.29) is 28.1 Å². The van der Waals surface area contributed by atoms with Gasteiger partial charge in [0.1, 0.15) is 12.0 Å². The summed E-state index contributed by atoms with van der Waals surface area (Å²) >= 11 is 1.66. The maximum Gasteiger partial charge on any atom is 0.293 e. The van der Waals surface area contributed by atoms with E-state index in [9.17, 15) is 18.5 Å². The second-order valence-electron chi connectivity index (χ2n) is 15.5. The van der Waals surface area contributed by atoms with E-state index in [1.165, 1.54) is 40.8 Å². The van der Waals surface area contributed by atoms with Gasteiger partial charge in [0.2, 0.25) is 0 Å². The molecule has 310 valence electrons. The second-order valence-corrected chi connectivity index (χ2v) is 18.3. The van der Waals surface area contributed by atoms with Gasteiger partial charge in [0.05, 0.1) is 15.3 Å². The first-order valence-corrected chi connectivity index (χ1v) is 22.6. The maximum absolute atomic E-state index is 13.8. The van der Waals surface area contributed by atoms with Crippen LogP contribution in [0.3, 0.4) is 0 Å². The number of benzene rings is 5. The fraction of sp³-hybridized carbons (Fsp3) is 0.289. The van der Waals surface area contributed by atoms with Gasteiger partial charge in [-0.1, -0.05) is 60.7 Å². The molecule has 15 heteroatoms. The lowest BCUT2D eigenvalue weighted by Crippen LogP contribution is -2.46. The Morgan fingerprint density at radius 3 is 2.28 bits per heavy atom. The third-order valence-electron chi connectivity index (χ3n) is 11.1. The van der Waals surface area contributed by atoms with Crippen molar-refractivity contribution in [3.63, 3.8) is 0 Å². The molecule has 0 saturated carbocycles. The maximum atomic E-state index is 13.8. The lowest BCUT2D eigenvalue weighted by atomic mass is 10.1. The predicted molar refractivity (Wildman–Crippen MR) is 241 cm³/mol. The number of hydrogen-bond acceptors (Lipinski definition) is 12. The molecule has 13 nitrogen and oxygen atoms in total. The molecule has 1 aromatic heterocycles. The van der Waals surface area contributed by atoms with Crippen LogP contribution in [0.1, 0.15) is 23.1 Å². The molecule has 8 rings (SSSR count). The van der Waals surface area contributed by atoms with E-state index in [1.54, 1.807) is 11.8 Å². The molecule has 2 N–H and O–H groups in total. The van der Waals surface area contributed by atoms with Gasteiger partial charge in [-0.2, -0.15) is 0 Å². The topological polar surface area (TPSA) is 140 Å². The van der Waals surface area contributed by atoms with Crippen molar-refractivity contribution in [2.24, 2.45) is 0 Å². The predicted octanol–water partition coefficient (Wildman–Crippen LogP) is 7.71. The normalized spacial score (nSPS) is 15.0. The van der Waals surface area contributed by atoms with E-state index in [2.05, 4.69) is 88.1 Å². The van der Waals surface area contributed by atoms with E-state index < -0.39 is 14.9 Å². The SMILES string of the molecule is CN(C)CCC(CSc1ccccc1)Nc1ccc(S(=O)(=O)Nc2ncnc3cc(N4CCN(Cc5ccccc5N5Cc6ccccc6C5)CC4)ccc23)cc1[N+](=O)[O-]. The molecule has 2 aliphatic heterocycles. The summed E-state index contributed by atoms with van der Waals surface area (Å²) in [6, 6.07) is 37.0. The average molecular weight is 844 g/mol. The summed E-state index contributed by atoms with van der Waals surface area (Å²) in [5.41, 5.74) is 6.93. The molecule has 6 aromatic rings. The van der Waals surface area contributed by atoms with Gasteiger partial charge in [0.15, 0.2) is 5.82 Å². The number of nitro groups is 1. The number of sulfonamides is 1. The van der Waals surface area contributed by atoms with E-state index in [0.717, 1.165) is 75.4 Å². The number of nitro benzene ring substituents is 1. The van der Waals surface area contributed by atoms with Crippen molar-refractivity contribution in [3.8, 4) is 0 Å². The van der Waals surface area contributed by atoms with Crippen molar-refractivity contribution in [1.82, 2.24) is 19.8 Å². The van der Waals surface area contributed by atoms with Crippen LogP contribution in [0.25, 0.3) is 10.9 Å². The Labute approximate surface area is 355 Å². The van der Waals surface area contributed by atoms with Crippen LogP contribution >= 0.6 is 11.8 Å². The van der Waals surface area contributed by atoms with Gasteiger partial charge in [-0.15, -0.1) is 11.8 Å². The summed E-state index contributed by atoms with van der Waals surface area (Å²) in [6.07, 6.45) is 2.06. The van der Waals surface area contributed by atoms with Crippen LogP contribution in [0.2, 0.25) is 0 Å². The van der Waals surface area contributed by atoms with E-state index in [0.29, 0.717) is 16.7 Å². The fourth-order valence-corrected chi connectivity index (χ4v) is 9.91. The first kappa shape index (κ1) is 41.0. The van der Waals surface area contributed by atoms with Gasteiger partial charge >= 0.3 is 0 Å². The summed E-state index contributed by atoms with van der Waals surface area (Å²) in [5.74, 6) is 0.766. The number of nitrogens with zero attached hydrogens (tertiary/aromatic N) is 7. The van der Waals surface area contributed by atoms with Gasteiger partial charge in [-0.25, -0.2) is 18.4 Å². The molecule has 60 heavy (non-hydrogen) atoms. The zero-order valence-electron chi connectivity index (χ0n) is 33.8. The van der Waals surface area contributed by atoms with Crippen LogP contribution in [0, 0.1) is 10.1 Å². The highest BCUT2D eigenvalue weighted by molar-refractivity contribution is 7.99. The Balaban J connectivity index is 0.923. The Hall–Kier alpha value is -5.74. The third kappa shape index (κ3) is 9.65. The average Bonchev–Trinajstić information content (AvgIpc) is 3.69. The van der Waals surface area contributed by atoms with Crippen LogP contribution < -0.4 is 19.8 Å². The Kier molecular flexibility index (Phi) is 12.5. The van der Waals surface area contributed by atoms with Crippen molar-refractivity contribution in [2.45, 2.75) is 41.9 Å². The quantitative estimate of drug-likeness (QED) is 0.0561. The largest absolute Gasteiger partial charge is 0.376 e. The van der Waals surface area contributed by atoms with Crippen molar-refractivity contribution in [3.05, 3.63) is 148 Å². The first-order chi connectivity index (χ1) is 29.1. The van der Waals surface area contributed by atoms with Crippen LogP contribution in [0.4, 0.5) is 28.6 Å². The molecular formula is C45H49N9O4S2. The number of para-hydroxylation sites is 1. The fourth-order valence-electron chi connectivity index (χ4n) is 7.87. The standard InChI is InChI=1S/C45H49N9O4S2/c1-50(2)21-20-36(31-59-38-13-4-3-5-14-38)48-41-19-17-39(27-44(41)54(55)56)60(57,58)49-45-40-18-16-37(26-42(40)46-32-47-45)52-24-22-51(23-25-52)28-35-12-8-9-15-43(35)53-29-33-10-6-7-11-34(33)30-53/h3-19,26-27,32,36,48H,20-25,28-31H2,1-2H3,(H,46,47,49). The second kappa shape index (κ2) is 18.3. The van der Waals surface area contributed by atoms with Crippen molar-refractivity contribution < 1.29 is 13.3 Å². The van der Waals surface area contributed by atoms with Gasteiger partial charge in [-0.05, 0) is 92.3 Å². The number of nitrogens with one attached hydrogen (secondary N) is 2.